The third kappa shape index (κ3) is 4.36. The zero-order valence-corrected chi connectivity index (χ0v) is 16.5. The molecule has 0 aliphatic carbocycles. The first-order chi connectivity index (χ1) is 12.8. The Morgan fingerprint density at radius 3 is 2.70 bits per heavy atom. The summed E-state index contributed by atoms with van der Waals surface area (Å²) in [7, 11) is 1.55. The van der Waals surface area contributed by atoms with Crippen molar-refractivity contribution in [3.63, 3.8) is 0 Å². The number of pyridine rings is 1. The van der Waals surface area contributed by atoms with E-state index in [1.165, 1.54) is 30.0 Å². The number of benzene rings is 1. The second-order valence-corrected chi connectivity index (χ2v) is 8.21. The monoisotopic (exact) mass is 384 g/mol. The molecule has 0 atom stereocenters. The minimum absolute atomic E-state index is 0.139. The van der Waals surface area contributed by atoms with E-state index in [9.17, 15) is 9.18 Å². The number of carbonyl (C=O) groups is 1. The Morgan fingerprint density at radius 2 is 2.00 bits per heavy atom. The highest BCUT2D eigenvalue weighted by Crippen LogP contribution is 2.32. The predicted octanol–water partition coefficient (Wildman–Crippen LogP) is 4.08. The van der Waals surface area contributed by atoms with Crippen LogP contribution in [0.3, 0.4) is 0 Å². The molecule has 3 aromatic rings. The van der Waals surface area contributed by atoms with Crippen molar-refractivity contribution in [1.82, 2.24) is 19.9 Å². The Hall–Kier alpha value is -2.67. The maximum Gasteiger partial charge on any atom is 0.243 e. The van der Waals surface area contributed by atoms with Crippen molar-refractivity contribution in [3.05, 3.63) is 59.8 Å². The number of aromatic nitrogens is 3. The van der Waals surface area contributed by atoms with Crippen molar-refractivity contribution in [2.75, 3.05) is 7.05 Å². The zero-order chi connectivity index (χ0) is 19.6. The van der Waals surface area contributed by atoms with E-state index in [4.69, 9.17) is 0 Å². The van der Waals surface area contributed by atoms with Gasteiger partial charge in [-0.2, -0.15) is 0 Å². The third-order valence-electron chi connectivity index (χ3n) is 3.91. The first kappa shape index (κ1) is 19.1. The fraction of sp³-hybridized carbons (Fsp3) is 0.250. The molecule has 0 aliphatic rings. The lowest BCUT2D eigenvalue weighted by Crippen LogP contribution is -2.15. The van der Waals surface area contributed by atoms with Crippen molar-refractivity contribution in [2.24, 2.45) is 0 Å². The Morgan fingerprint density at radius 1 is 1.22 bits per heavy atom. The van der Waals surface area contributed by atoms with Gasteiger partial charge in [0.05, 0.1) is 0 Å². The summed E-state index contributed by atoms with van der Waals surface area (Å²) in [6.45, 7) is 6.26. The van der Waals surface area contributed by atoms with Gasteiger partial charge in [0.25, 0.3) is 0 Å². The molecule has 0 saturated heterocycles. The predicted molar refractivity (Wildman–Crippen MR) is 105 cm³/mol. The standard InChI is InChI=1S/C20H21FN4OS/c1-20(2,3)19-24-23-17-9-7-15(12-25(17)19)27-16-8-6-14(21)11-13(16)5-10-18(26)22-4/h5-12H,1-4H3,(H,22,26). The highest BCUT2D eigenvalue weighted by atomic mass is 32.2. The number of hydrogen-bond donors (Lipinski definition) is 1. The van der Waals surface area contributed by atoms with E-state index in [0.717, 1.165) is 21.3 Å². The zero-order valence-electron chi connectivity index (χ0n) is 15.7. The molecule has 1 amide bonds. The number of hydrogen-bond acceptors (Lipinski definition) is 4. The molecule has 0 saturated carbocycles. The van der Waals surface area contributed by atoms with Crippen LogP contribution in [-0.4, -0.2) is 27.6 Å². The summed E-state index contributed by atoms with van der Waals surface area (Å²) in [6, 6.07) is 8.41. The van der Waals surface area contributed by atoms with E-state index in [1.54, 1.807) is 19.2 Å². The van der Waals surface area contributed by atoms with Gasteiger partial charge in [-0.15, -0.1) is 10.2 Å². The molecule has 0 bridgehead atoms. The number of amides is 1. The molecule has 5 nitrogen and oxygen atoms in total. The molecule has 1 aromatic carbocycles. The average molecular weight is 384 g/mol. The molecule has 0 aliphatic heterocycles. The van der Waals surface area contributed by atoms with Crippen LogP contribution in [0.1, 0.15) is 32.2 Å². The van der Waals surface area contributed by atoms with Crippen molar-refractivity contribution < 1.29 is 9.18 Å². The van der Waals surface area contributed by atoms with E-state index >= 15 is 0 Å². The number of halogens is 1. The van der Waals surface area contributed by atoms with Crippen LogP contribution in [-0.2, 0) is 10.2 Å². The van der Waals surface area contributed by atoms with Crippen molar-refractivity contribution in [3.8, 4) is 0 Å². The molecular weight excluding hydrogens is 363 g/mol. The van der Waals surface area contributed by atoms with Crippen LogP contribution in [0.2, 0.25) is 0 Å². The van der Waals surface area contributed by atoms with Gasteiger partial charge in [-0.3, -0.25) is 9.20 Å². The Labute approximate surface area is 161 Å². The number of rotatable bonds is 4. The summed E-state index contributed by atoms with van der Waals surface area (Å²) in [4.78, 5) is 13.3. The van der Waals surface area contributed by atoms with Gasteiger partial charge in [-0.25, -0.2) is 4.39 Å². The number of nitrogens with zero attached hydrogens (tertiary/aromatic N) is 3. The van der Waals surface area contributed by atoms with Crippen molar-refractivity contribution >= 4 is 29.4 Å². The summed E-state index contributed by atoms with van der Waals surface area (Å²) in [5.41, 5.74) is 1.28. The summed E-state index contributed by atoms with van der Waals surface area (Å²) in [5, 5.41) is 11.0. The Bertz CT molecular complexity index is 1020. The minimum atomic E-state index is -0.347. The van der Waals surface area contributed by atoms with Gasteiger partial charge in [0.15, 0.2) is 5.65 Å². The van der Waals surface area contributed by atoms with Gasteiger partial charge in [0.2, 0.25) is 5.91 Å². The molecule has 0 radical (unpaired) electrons. The molecule has 2 heterocycles. The average Bonchev–Trinajstić information content (AvgIpc) is 3.05. The maximum absolute atomic E-state index is 13.7. The van der Waals surface area contributed by atoms with Gasteiger partial charge >= 0.3 is 0 Å². The quantitative estimate of drug-likeness (QED) is 0.689. The summed E-state index contributed by atoms with van der Waals surface area (Å²) >= 11 is 1.49. The van der Waals surface area contributed by atoms with Gasteiger partial charge in [0, 0.05) is 34.5 Å². The fourth-order valence-corrected chi connectivity index (χ4v) is 3.49. The second-order valence-electron chi connectivity index (χ2n) is 7.10. The third-order valence-corrected chi connectivity index (χ3v) is 4.98. The maximum atomic E-state index is 13.7. The SMILES string of the molecule is CNC(=O)C=Cc1cc(F)ccc1Sc1ccc2nnc(C(C)(C)C)n2c1. The number of likely N-dealkylation sites (N-methyl/N-ethyl adjacent to an activating group) is 1. The molecule has 27 heavy (non-hydrogen) atoms. The van der Waals surface area contributed by atoms with Gasteiger partial charge < -0.3 is 5.32 Å². The van der Waals surface area contributed by atoms with Crippen LogP contribution < -0.4 is 5.32 Å². The number of nitrogens with one attached hydrogen (secondary N) is 1. The van der Waals surface area contributed by atoms with Gasteiger partial charge in [0.1, 0.15) is 11.6 Å². The van der Waals surface area contributed by atoms with Crippen molar-refractivity contribution in [1.29, 1.82) is 0 Å². The highest BCUT2D eigenvalue weighted by Gasteiger charge is 2.21. The second kappa shape index (κ2) is 7.52. The Kier molecular flexibility index (Phi) is 5.32. The lowest BCUT2D eigenvalue weighted by atomic mass is 9.96. The lowest BCUT2D eigenvalue weighted by Gasteiger charge is -2.16. The highest BCUT2D eigenvalue weighted by molar-refractivity contribution is 7.99. The number of carbonyl (C=O) groups excluding carboxylic acids is 1. The number of fused-ring (bicyclic) bond motifs is 1. The molecule has 140 valence electrons. The first-order valence-electron chi connectivity index (χ1n) is 8.50. The molecule has 0 spiro atoms. The van der Waals surface area contributed by atoms with Crippen molar-refractivity contribution in [2.45, 2.75) is 36.0 Å². The minimum Gasteiger partial charge on any atom is -0.356 e. The van der Waals surface area contributed by atoms with Crippen LogP contribution in [0.4, 0.5) is 4.39 Å². The molecule has 0 unspecified atom stereocenters. The summed E-state index contributed by atoms with van der Waals surface area (Å²) in [5.74, 6) is 0.287. The molecule has 3 rings (SSSR count). The fourth-order valence-electron chi connectivity index (χ4n) is 2.56. The van der Waals surface area contributed by atoms with Crippen LogP contribution in [0, 0.1) is 5.82 Å². The van der Waals surface area contributed by atoms with Crippen LogP contribution in [0.15, 0.2) is 52.4 Å². The normalized spacial score (nSPS) is 12.0. The van der Waals surface area contributed by atoms with E-state index in [1.807, 2.05) is 22.7 Å². The van der Waals surface area contributed by atoms with E-state index < -0.39 is 0 Å². The van der Waals surface area contributed by atoms with Crippen LogP contribution in [0.5, 0.6) is 0 Å². The van der Waals surface area contributed by atoms with Gasteiger partial charge in [-0.05, 0) is 42.0 Å². The van der Waals surface area contributed by atoms with Crippen LogP contribution >= 0.6 is 11.8 Å². The lowest BCUT2D eigenvalue weighted by molar-refractivity contribution is -0.115. The molecular formula is C20H21FN4OS. The smallest absolute Gasteiger partial charge is 0.243 e. The molecule has 1 N–H and O–H groups in total. The molecule has 2 aromatic heterocycles. The van der Waals surface area contributed by atoms with E-state index in [0.29, 0.717) is 5.56 Å². The largest absolute Gasteiger partial charge is 0.356 e. The Balaban J connectivity index is 1.98. The van der Waals surface area contributed by atoms with E-state index in [-0.39, 0.29) is 17.1 Å². The molecule has 7 heteroatoms. The summed E-state index contributed by atoms with van der Waals surface area (Å²) < 4.78 is 15.7. The summed E-state index contributed by atoms with van der Waals surface area (Å²) in [6.07, 6.45) is 4.98. The van der Waals surface area contributed by atoms with Gasteiger partial charge in [-0.1, -0.05) is 32.5 Å². The topological polar surface area (TPSA) is 59.3 Å². The van der Waals surface area contributed by atoms with Crippen LogP contribution in [0.25, 0.3) is 11.7 Å². The first-order valence-corrected chi connectivity index (χ1v) is 9.32. The molecule has 0 fully saturated rings. The van der Waals surface area contributed by atoms with E-state index in [2.05, 4.69) is 36.3 Å².